The van der Waals surface area contributed by atoms with Gasteiger partial charge in [-0.05, 0) is 55.7 Å². The third-order valence-electron chi connectivity index (χ3n) is 5.04. The van der Waals surface area contributed by atoms with Gasteiger partial charge in [-0.3, -0.25) is 13.9 Å². The number of sulfonamides is 1. The molecule has 0 radical (unpaired) electrons. The van der Waals surface area contributed by atoms with Crippen molar-refractivity contribution in [3.8, 4) is 0 Å². The molecule has 0 spiro atoms. The number of amides is 2. The minimum Gasteiger partial charge on any atom is -0.355 e. The summed E-state index contributed by atoms with van der Waals surface area (Å²) in [6.07, 6.45) is 1.40. The zero-order valence-corrected chi connectivity index (χ0v) is 21.5. The van der Waals surface area contributed by atoms with Gasteiger partial charge in [-0.1, -0.05) is 48.3 Å². The van der Waals surface area contributed by atoms with Crippen LogP contribution >= 0.6 is 23.2 Å². The van der Waals surface area contributed by atoms with E-state index >= 15 is 0 Å². The maximum absolute atomic E-state index is 13.5. The summed E-state index contributed by atoms with van der Waals surface area (Å²) in [5.41, 5.74) is 1.91. The summed E-state index contributed by atoms with van der Waals surface area (Å²) >= 11 is 12.2. The van der Waals surface area contributed by atoms with Crippen LogP contribution in [-0.4, -0.2) is 50.5 Å². The molecule has 2 aromatic rings. The van der Waals surface area contributed by atoms with E-state index in [4.69, 9.17) is 23.2 Å². The molecule has 0 unspecified atom stereocenters. The van der Waals surface area contributed by atoms with Gasteiger partial charge in [0.15, 0.2) is 0 Å². The Morgan fingerprint density at radius 2 is 1.76 bits per heavy atom. The van der Waals surface area contributed by atoms with Crippen molar-refractivity contribution in [3.05, 3.63) is 63.6 Å². The number of hydrogen-bond acceptors (Lipinski definition) is 4. The van der Waals surface area contributed by atoms with E-state index in [1.807, 2.05) is 13.0 Å². The number of anilines is 1. The van der Waals surface area contributed by atoms with E-state index in [0.717, 1.165) is 16.1 Å². The van der Waals surface area contributed by atoms with Crippen molar-refractivity contribution < 1.29 is 18.0 Å². The molecular formula is C23H29Cl2N3O4S. The molecule has 0 saturated heterocycles. The molecule has 33 heavy (non-hydrogen) atoms. The van der Waals surface area contributed by atoms with Gasteiger partial charge < -0.3 is 10.2 Å². The quantitative estimate of drug-likeness (QED) is 0.519. The summed E-state index contributed by atoms with van der Waals surface area (Å²) in [6.45, 7) is 5.45. The lowest BCUT2D eigenvalue weighted by Gasteiger charge is -2.33. The molecule has 0 aliphatic heterocycles. The number of benzene rings is 2. The molecule has 0 bridgehead atoms. The predicted molar refractivity (Wildman–Crippen MR) is 133 cm³/mol. The molecule has 0 heterocycles. The van der Waals surface area contributed by atoms with Crippen molar-refractivity contribution in [2.45, 2.75) is 39.8 Å². The first kappa shape index (κ1) is 27.0. The van der Waals surface area contributed by atoms with Gasteiger partial charge in [0.1, 0.15) is 12.6 Å². The third-order valence-corrected chi connectivity index (χ3v) is 6.92. The second-order valence-corrected chi connectivity index (χ2v) is 10.4. The van der Waals surface area contributed by atoms with E-state index in [2.05, 4.69) is 5.32 Å². The average molecular weight is 514 g/mol. The summed E-state index contributed by atoms with van der Waals surface area (Å²) < 4.78 is 26.2. The molecule has 0 aliphatic carbocycles. The number of hydrogen-bond donors (Lipinski definition) is 1. The Balaban J connectivity index is 2.45. The zero-order chi connectivity index (χ0) is 24.8. The van der Waals surface area contributed by atoms with Gasteiger partial charge in [-0.2, -0.15) is 0 Å². The summed E-state index contributed by atoms with van der Waals surface area (Å²) in [7, 11) is -3.76. The smallest absolute Gasteiger partial charge is 0.244 e. The third kappa shape index (κ3) is 7.35. The lowest BCUT2D eigenvalue weighted by Crippen LogP contribution is -2.52. The number of carbonyl (C=O) groups excluding carboxylic acids is 2. The molecule has 0 saturated carbocycles. The van der Waals surface area contributed by atoms with Crippen LogP contribution in [0, 0.1) is 6.92 Å². The van der Waals surface area contributed by atoms with E-state index < -0.39 is 28.5 Å². The number of likely N-dealkylation sites (N-methyl/N-ethyl adjacent to an activating group) is 1. The van der Waals surface area contributed by atoms with Crippen molar-refractivity contribution in [1.82, 2.24) is 10.2 Å². The SMILES string of the molecule is CCNC(=O)[C@H](CC)N(Cc1ccc(Cl)c(Cl)c1)C(=O)CN(c1cccc(C)c1)S(C)(=O)=O. The summed E-state index contributed by atoms with van der Waals surface area (Å²) in [5, 5.41) is 3.45. The Morgan fingerprint density at radius 1 is 1.06 bits per heavy atom. The van der Waals surface area contributed by atoms with Gasteiger partial charge in [-0.25, -0.2) is 8.42 Å². The highest BCUT2D eigenvalue weighted by Crippen LogP contribution is 2.25. The highest BCUT2D eigenvalue weighted by Gasteiger charge is 2.31. The molecule has 1 atom stereocenters. The number of carbonyl (C=O) groups is 2. The van der Waals surface area contributed by atoms with Gasteiger partial charge in [0, 0.05) is 13.1 Å². The predicted octanol–water partition coefficient (Wildman–Crippen LogP) is 4.01. The minimum absolute atomic E-state index is 0.0663. The average Bonchev–Trinajstić information content (AvgIpc) is 2.73. The normalized spacial score (nSPS) is 12.2. The summed E-state index contributed by atoms with van der Waals surface area (Å²) in [6, 6.07) is 11.1. The van der Waals surface area contributed by atoms with E-state index in [9.17, 15) is 18.0 Å². The van der Waals surface area contributed by atoms with Crippen LogP contribution in [0.3, 0.4) is 0 Å². The fourth-order valence-corrected chi connectivity index (χ4v) is 4.61. The molecule has 10 heteroatoms. The fraction of sp³-hybridized carbons (Fsp3) is 0.391. The molecule has 0 aliphatic rings. The molecule has 0 fully saturated rings. The Labute approximate surface area is 205 Å². The van der Waals surface area contributed by atoms with E-state index in [0.29, 0.717) is 34.3 Å². The monoisotopic (exact) mass is 513 g/mol. The minimum atomic E-state index is -3.76. The van der Waals surface area contributed by atoms with Gasteiger partial charge in [0.2, 0.25) is 21.8 Å². The first-order valence-corrected chi connectivity index (χ1v) is 13.1. The second kappa shape index (κ2) is 11.7. The Morgan fingerprint density at radius 3 is 2.30 bits per heavy atom. The van der Waals surface area contributed by atoms with Crippen LogP contribution in [0.1, 0.15) is 31.4 Å². The number of halogens is 2. The van der Waals surface area contributed by atoms with Crippen LogP contribution in [0.4, 0.5) is 5.69 Å². The van der Waals surface area contributed by atoms with Gasteiger partial charge >= 0.3 is 0 Å². The lowest BCUT2D eigenvalue weighted by atomic mass is 10.1. The molecule has 2 amide bonds. The Kier molecular flexibility index (Phi) is 9.57. The first-order chi connectivity index (χ1) is 15.5. The Hall–Kier alpha value is -2.29. The second-order valence-electron chi connectivity index (χ2n) is 7.70. The van der Waals surface area contributed by atoms with E-state index in [1.54, 1.807) is 50.2 Å². The van der Waals surface area contributed by atoms with Gasteiger partial charge in [-0.15, -0.1) is 0 Å². The highest BCUT2D eigenvalue weighted by molar-refractivity contribution is 7.92. The molecule has 2 rings (SSSR count). The fourth-order valence-electron chi connectivity index (χ4n) is 3.44. The molecule has 180 valence electrons. The largest absolute Gasteiger partial charge is 0.355 e. The highest BCUT2D eigenvalue weighted by atomic mass is 35.5. The van der Waals surface area contributed by atoms with Crippen LogP contribution in [0.2, 0.25) is 10.0 Å². The Bertz CT molecular complexity index is 1110. The summed E-state index contributed by atoms with van der Waals surface area (Å²) in [4.78, 5) is 27.6. The van der Waals surface area contributed by atoms with Gasteiger partial charge in [0.25, 0.3) is 0 Å². The maximum Gasteiger partial charge on any atom is 0.244 e. The van der Waals surface area contributed by atoms with Crippen molar-refractivity contribution in [3.63, 3.8) is 0 Å². The van der Waals surface area contributed by atoms with Crippen LogP contribution in [0.15, 0.2) is 42.5 Å². The van der Waals surface area contributed by atoms with Crippen molar-refractivity contribution >= 4 is 50.7 Å². The number of rotatable bonds is 10. The zero-order valence-electron chi connectivity index (χ0n) is 19.1. The topological polar surface area (TPSA) is 86.8 Å². The molecule has 2 aromatic carbocycles. The number of aryl methyl sites for hydroxylation is 1. The molecule has 1 N–H and O–H groups in total. The number of nitrogens with zero attached hydrogens (tertiary/aromatic N) is 2. The molecule has 7 nitrogen and oxygen atoms in total. The molecular weight excluding hydrogens is 485 g/mol. The van der Waals surface area contributed by atoms with Crippen molar-refractivity contribution in [2.24, 2.45) is 0 Å². The standard InChI is InChI=1S/C23H29Cl2N3O4S/c1-5-21(23(30)26-6-2)27(14-17-10-11-19(24)20(25)13-17)22(29)15-28(33(4,31)32)18-9-7-8-16(3)12-18/h7-13,21H,5-6,14-15H2,1-4H3,(H,26,30)/t21-/m0/s1. The maximum atomic E-state index is 13.5. The van der Waals surface area contributed by atoms with E-state index in [1.165, 1.54) is 4.90 Å². The summed E-state index contributed by atoms with van der Waals surface area (Å²) in [5.74, 6) is -0.819. The van der Waals surface area contributed by atoms with Crippen LogP contribution in [0.5, 0.6) is 0 Å². The van der Waals surface area contributed by atoms with Crippen molar-refractivity contribution in [1.29, 1.82) is 0 Å². The van der Waals surface area contributed by atoms with Crippen LogP contribution in [-0.2, 0) is 26.2 Å². The number of nitrogens with one attached hydrogen (secondary N) is 1. The van der Waals surface area contributed by atoms with Crippen LogP contribution in [0.25, 0.3) is 0 Å². The molecule has 0 aromatic heterocycles. The van der Waals surface area contributed by atoms with Crippen molar-refractivity contribution in [2.75, 3.05) is 23.7 Å². The van der Waals surface area contributed by atoms with Crippen LogP contribution < -0.4 is 9.62 Å². The lowest BCUT2D eigenvalue weighted by molar-refractivity contribution is -0.140. The van der Waals surface area contributed by atoms with E-state index in [-0.39, 0.29) is 12.5 Å². The van der Waals surface area contributed by atoms with Gasteiger partial charge in [0.05, 0.1) is 22.0 Å². The first-order valence-electron chi connectivity index (χ1n) is 10.5.